The van der Waals surface area contributed by atoms with Gasteiger partial charge in [0.15, 0.2) is 0 Å². The average molecular weight is 385 g/mol. The van der Waals surface area contributed by atoms with Crippen LogP contribution in [-0.4, -0.2) is 40.7 Å². The number of benzene rings is 2. The summed E-state index contributed by atoms with van der Waals surface area (Å²) in [5.74, 6) is 0.691. The molecule has 0 aromatic heterocycles. The third-order valence-corrected chi connectivity index (χ3v) is 5.92. The van der Waals surface area contributed by atoms with Gasteiger partial charge < -0.3 is 4.74 Å². The summed E-state index contributed by atoms with van der Waals surface area (Å²) in [6, 6.07) is 11.9. The molecular formula is C18H15N3O5S. The van der Waals surface area contributed by atoms with E-state index in [1.54, 1.807) is 36.4 Å². The van der Waals surface area contributed by atoms with Crippen LogP contribution in [0, 0.1) is 10.1 Å². The topological polar surface area (TPSA) is 93.0 Å². The molecule has 0 unspecified atom stereocenters. The van der Waals surface area contributed by atoms with Crippen molar-refractivity contribution in [2.45, 2.75) is 11.4 Å². The molecule has 2 aromatic rings. The summed E-state index contributed by atoms with van der Waals surface area (Å²) in [6.45, 7) is 0. The molecule has 0 saturated carbocycles. The monoisotopic (exact) mass is 385 g/mol. The van der Waals surface area contributed by atoms with Crippen molar-refractivity contribution in [3.05, 3.63) is 64.2 Å². The molecule has 9 heteroatoms. The van der Waals surface area contributed by atoms with Crippen LogP contribution in [-0.2, 0) is 4.79 Å². The molecule has 2 aliphatic heterocycles. The van der Waals surface area contributed by atoms with Crippen LogP contribution in [0.3, 0.4) is 0 Å². The molecule has 3 amide bonds. The fourth-order valence-corrected chi connectivity index (χ4v) is 4.73. The highest BCUT2D eigenvalue weighted by Crippen LogP contribution is 2.46. The van der Waals surface area contributed by atoms with E-state index in [0.29, 0.717) is 22.8 Å². The Hall–Kier alpha value is -3.07. The van der Waals surface area contributed by atoms with Crippen molar-refractivity contribution < 1.29 is 19.2 Å². The highest BCUT2D eigenvalue weighted by Gasteiger charge is 2.53. The first-order chi connectivity index (χ1) is 13.0. The molecule has 4 rings (SSSR count). The predicted molar refractivity (Wildman–Crippen MR) is 99.8 cm³/mol. The van der Waals surface area contributed by atoms with Crippen LogP contribution in [0.15, 0.2) is 48.5 Å². The number of carbonyl (C=O) groups is 2. The largest absolute Gasteiger partial charge is 0.497 e. The Bertz CT molecular complexity index is 950. The van der Waals surface area contributed by atoms with Crippen LogP contribution >= 0.6 is 11.8 Å². The van der Waals surface area contributed by atoms with Gasteiger partial charge in [-0.25, -0.2) is 9.69 Å². The number of hydrogen-bond donors (Lipinski definition) is 0. The van der Waals surface area contributed by atoms with Gasteiger partial charge in [-0.15, -0.1) is 11.8 Å². The smallest absolute Gasteiger partial charge is 0.333 e. The number of rotatable bonds is 4. The number of nitrogens with zero attached hydrogens (tertiary/aromatic N) is 3. The lowest BCUT2D eigenvalue weighted by molar-refractivity contribution is -0.384. The summed E-state index contributed by atoms with van der Waals surface area (Å²) in [7, 11) is 1.51. The molecule has 2 atom stereocenters. The van der Waals surface area contributed by atoms with E-state index in [1.165, 1.54) is 35.9 Å². The summed E-state index contributed by atoms with van der Waals surface area (Å²) >= 11 is 1.43. The fraction of sp³-hybridized carbons (Fsp3) is 0.222. The van der Waals surface area contributed by atoms with Crippen LogP contribution in [0.5, 0.6) is 5.75 Å². The van der Waals surface area contributed by atoms with Gasteiger partial charge in [0.25, 0.3) is 11.6 Å². The van der Waals surface area contributed by atoms with Crippen molar-refractivity contribution in [2.24, 2.45) is 0 Å². The summed E-state index contributed by atoms with van der Waals surface area (Å²) in [4.78, 5) is 39.1. The van der Waals surface area contributed by atoms with Crippen molar-refractivity contribution >= 4 is 35.1 Å². The van der Waals surface area contributed by atoms with Crippen molar-refractivity contribution in [3.63, 3.8) is 0 Å². The molecule has 0 aliphatic carbocycles. The third kappa shape index (κ3) is 2.80. The minimum atomic E-state index is -0.585. The van der Waals surface area contributed by atoms with Crippen molar-refractivity contribution in [1.82, 2.24) is 4.90 Å². The van der Waals surface area contributed by atoms with Gasteiger partial charge in [0.2, 0.25) is 0 Å². The SMILES string of the molecule is COc1cccc(N2C(=O)[C@@H]3CS[C@@H](c4cccc([N+](=O)[O-])c4)N3C2=O)c1. The van der Waals surface area contributed by atoms with Gasteiger partial charge in [-0.2, -0.15) is 0 Å². The van der Waals surface area contributed by atoms with Crippen LogP contribution in [0.2, 0.25) is 0 Å². The van der Waals surface area contributed by atoms with Crippen LogP contribution in [0.25, 0.3) is 0 Å². The number of urea groups is 1. The summed E-state index contributed by atoms with van der Waals surface area (Å²) in [5.41, 5.74) is 1.03. The zero-order valence-electron chi connectivity index (χ0n) is 14.3. The van der Waals surface area contributed by atoms with E-state index in [4.69, 9.17) is 4.74 Å². The standard InChI is InChI=1S/C18H15N3O5S/c1-26-14-7-3-5-12(9-14)19-16(22)15-10-27-17(20(15)18(19)23)11-4-2-6-13(8-11)21(24)25/h2-9,15,17H,10H2,1H3/t15-,17-/m0/s1. The number of ether oxygens (including phenoxy) is 1. The second-order valence-corrected chi connectivity index (χ2v) is 7.23. The Morgan fingerprint density at radius 2 is 1.96 bits per heavy atom. The lowest BCUT2D eigenvalue weighted by Crippen LogP contribution is -2.33. The second kappa shape index (κ2) is 6.58. The minimum absolute atomic E-state index is 0.0424. The molecular weight excluding hydrogens is 370 g/mol. The first-order valence-corrected chi connectivity index (χ1v) is 9.22. The van der Waals surface area contributed by atoms with Gasteiger partial charge in [0.1, 0.15) is 17.2 Å². The molecule has 0 bridgehead atoms. The van der Waals surface area contributed by atoms with E-state index >= 15 is 0 Å². The van der Waals surface area contributed by atoms with E-state index in [2.05, 4.69) is 0 Å². The number of amides is 3. The Balaban J connectivity index is 1.68. The number of carbonyl (C=O) groups excluding carboxylic acids is 2. The second-order valence-electron chi connectivity index (χ2n) is 6.12. The lowest BCUT2D eigenvalue weighted by atomic mass is 10.1. The fourth-order valence-electron chi connectivity index (χ4n) is 3.33. The average Bonchev–Trinajstić information content (AvgIpc) is 3.22. The first-order valence-electron chi connectivity index (χ1n) is 8.17. The molecule has 8 nitrogen and oxygen atoms in total. The molecule has 2 fully saturated rings. The zero-order valence-corrected chi connectivity index (χ0v) is 15.1. The van der Waals surface area contributed by atoms with Gasteiger partial charge in [0.05, 0.1) is 17.7 Å². The van der Waals surface area contributed by atoms with Crippen LogP contribution in [0.4, 0.5) is 16.2 Å². The van der Waals surface area contributed by atoms with Crippen molar-refractivity contribution in [2.75, 3.05) is 17.8 Å². The Morgan fingerprint density at radius 3 is 2.70 bits per heavy atom. The number of fused-ring (bicyclic) bond motifs is 1. The van der Waals surface area contributed by atoms with Crippen LogP contribution in [0.1, 0.15) is 10.9 Å². The van der Waals surface area contributed by atoms with E-state index < -0.39 is 22.4 Å². The Labute approximate surface area is 158 Å². The van der Waals surface area contributed by atoms with E-state index in [0.717, 1.165) is 4.90 Å². The maximum absolute atomic E-state index is 13.0. The van der Waals surface area contributed by atoms with E-state index in [9.17, 15) is 19.7 Å². The molecule has 0 N–H and O–H groups in total. The Kier molecular flexibility index (Phi) is 4.23. The predicted octanol–water partition coefficient (Wildman–Crippen LogP) is 3.19. The highest BCUT2D eigenvalue weighted by molar-refractivity contribution is 7.99. The van der Waals surface area contributed by atoms with Gasteiger partial charge in [-0.3, -0.25) is 19.8 Å². The first kappa shape index (κ1) is 17.3. The van der Waals surface area contributed by atoms with Crippen LogP contribution < -0.4 is 9.64 Å². The zero-order chi connectivity index (χ0) is 19.1. The van der Waals surface area contributed by atoms with Gasteiger partial charge >= 0.3 is 6.03 Å². The molecule has 2 heterocycles. The number of non-ortho nitro benzene ring substituents is 1. The molecule has 138 valence electrons. The van der Waals surface area contributed by atoms with Gasteiger partial charge in [-0.05, 0) is 17.7 Å². The number of anilines is 1. The van der Waals surface area contributed by atoms with Gasteiger partial charge in [-0.1, -0.05) is 18.2 Å². The molecule has 27 heavy (non-hydrogen) atoms. The van der Waals surface area contributed by atoms with Crippen molar-refractivity contribution in [1.29, 1.82) is 0 Å². The molecule has 0 spiro atoms. The number of imide groups is 1. The maximum atomic E-state index is 13.0. The number of hydrogen-bond acceptors (Lipinski definition) is 6. The van der Waals surface area contributed by atoms with E-state index in [1.807, 2.05) is 0 Å². The summed E-state index contributed by atoms with van der Waals surface area (Å²) in [6.07, 6.45) is 0. The van der Waals surface area contributed by atoms with Crippen molar-refractivity contribution in [3.8, 4) is 5.75 Å². The third-order valence-electron chi connectivity index (χ3n) is 4.60. The summed E-state index contributed by atoms with van der Waals surface area (Å²) in [5, 5.41) is 10.6. The Morgan fingerprint density at radius 1 is 1.19 bits per heavy atom. The molecule has 0 radical (unpaired) electrons. The number of nitro groups is 1. The molecule has 2 saturated heterocycles. The maximum Gasteiger partial charge on any atom is 0.333 e. The highest BCUT2D eigenvalue weighted by atomic mass is 32.2. The van der Waals surface area contributed by atoms with Gasteiger partial charge in [0, 0.05) is 24.0 Å². The number of thioether (sulfide) groups is 1. The molecule has 2 aromatic carbocycles. The number of nitro benzene ring substituents is 1. The minimum Gasteiger partial charge on any atom is -0.497 e. The lowest BCUT2D eigenvalue weighted by Gasteiger charge is -2.23. The van der Waals surface area contributed by atoms with E-state index in [-0.39, 0.29) is 11.6 Å². The normalized spacial score (nSPS) is 21.5. The number of methoxy groups -OCH3 is 1. The summed E-state index contributed by atoms with van der Waals surface area (Å²) < 4.78 is 5.17. The molecule has 2 aliphatic rings. The quantitative estimate of drug-likeness (QED) is 0.456.